The Bertz CT molecular complexity index is 1210. The van der Waals surface area contributed by atoms with Gasteiger partial charge in [-0.25, -0.2) is 14.8 Å². The molecule has 2 saturated heterocycles. The Morgan fingerprint density at radius 1 is 1.11 bits per heavy atom. The number of amides is 1. The van der Waals surface area contributed by atoms with Gasteiger partial charge in [0.1, 0.15) is 5.60 Å². The third kappa shape index (κ3) is 5.90. The highest BCUT2D eigenvalue weighted by Gasteiger charge is 2.28. The second-order valence-electron chi connectivity index (χ2n) is 10.2. The molecular weight excluding hydrogens is 498 g/mol. The number of rotatable bonds is 4. The maximum Gasteiger partial charge on any atom is 0.410 e. The normalized spacial score (nSPS) is 17.6. The molecule has 1 aromatic carbocycles. The van der Waals surface area contributed by atoms with Crippen molar-refractivity contribution in [1.29, 1.82) is 0 Å². The molecule has 8 nitrogen and oxygen atoms in total. The van der Waals surface area contributed by atoms with Crippen molar-refractivity contribution in [2.24, 2.45) is 0 Å². The van der Waals surface area contributed by atoms with Crippen LogP contribution in [-0.4, -0.2) is 76.2 Å². The number of pyridine rings is 1. The van der Waals surface area contributed by atoms with E-state index in [1.807, 2.05) is 26.8 Å². The summed E-state index contributed by atoms with van der Waals surface area (Å²) >= 11 is 8.32. The summed E-state index contributed by atoms with van der Waals surface area (Å²) in [5.74, 6) is 0. The minimum absolute atomic E-state index is 0.237. The molecule has 0 spiro atoms. The Morgan fingerprint density at radius 2 is 1.81 bits per heavy atom. The van der Waals surface area contributed by atoms with Crippen LogP contribution in [-0.2, 0) is 9.47 Å². The monoisotopic (exact) mass is 529 g/mol. The summed E-state index contributed by atoms with van der Waals surface area (Å²) in [4.78, 5) is 29.3. The van der Waals surface area contributed by atoms with Crippen LogP contribution in [0.4, 0.5) is 10.5 Å². The number of hydrogen-bond donors (Lipinski definition) is 1. The molecule has 2 aliphatic heterocycles. The predicted octanol–water partition coefficient (Wildman–Crippen LogP) is 5.61. The number of nitrogens with zero attached hydrogens (tertiary/aromatic N) is 4. The number of fused-ring (bicyclic) bond motifs is 1. The number of morpholine rings is 1. The largest absolute Gasteiger partial charge is 0.444 e. The summed E-state index contributed by atoms with van der Waals surface area (Å²) in [6.07, 6.45) is 1.53. The van der Waals surface area contributed by atoms with Crippen molar-refractivity contribution in [3.63, 3.8) is 0 Å². The highest BCUT2D eigenvalue weighted by atomic mass is 35.5. The van der Waals surface area contributed by atoms with E-state index in [1.54, 1.807) is 16.7 Å². The molecule has 2 aromatic heterocycles. The number of halogens is 1. The molecule has 0 bridgehead atoms. The maximum absolute atomic E-state index is 12.3. The fourth-order valence-corrected chi connectivity index (χ4v) is 5.78. The van der Waals surface area contributed by atoms with E-state index in [0.717, 1.165) is 61.1 Å². The number of likely N-dealkylation sites (tertiary alicyclic amines) is 1. The molecule has 2 aliphatic rings. The number of piperidine rings is 1. The van der Waals surface area contributed by atoms with Crippen LogP contribution in [0.15, 0.2) is 35.5 Å². The second kappa shape index (κ2) is 10.5. The van der Waals surface area contributed by atoms with Gasteiger partial charge in [0.2, 0.25) is 0 Å². The molecule has 0 aliphatic carbocycles. The van der Waals surface area contributed by atoms with E-state index in [0.29, 0.717) is 29.0 Å². The van der Waals surface area contributed by atoms with Crippen LogP contribution in [0.1, 0.15) is 33.6 Å². The molecule has 1 amide bonds. The Hall–Kier alpha value is -2.49. The maximum atomic E-state index is 12.3. The van der Waals surface area contributed by atoms with E-state index >= 15 is 0 Å². The molecule has 0 radical (unpaired) electrons. The number of nitrogens with one attached hydrogen (secondary N) is 1. The van der Waals surface area contributed by atoms with Crippen molar-refractivity contribution >= 4 is 46.3 Å². The number of anilines is 1. The van der Waals surface area contributed by atoms with Gasteiger partial charge in [0.15, 0.2) is 10.8 Å². The average Bonchev–Trinajstić information content (AvgIpc) is 3.24. The molecule has 4 heterocycles. The van der Waals surface area contributed by atoms with Crippen LogP contribution in [0, 0.1) is 0 Å². The third-order valence-electron chi connectivity index (χ3n) is 6.29. The third-order valence-corrected chi connectivity index (χ3v) is 7.80. The highest BCUT2D eigenvalue weighted by Crippen LogP contribution is 2.33. The topological polar surface area (TPSA) is 83.6 Å². The molecule has 192 valence electrons. The summed E-state index contributed by atoms with van der Waals surface area (Å²) in [5, 5.41) is 1.78. The zero-order valence-corrected chi connectivity index (χ0v) is 22.5. The van der Waals surface area contributed by atoms with Crippen molar-refractivity contribution in [2.45, 2.75) is 49.6 Å². The second-order valence-corrected chi connectivity index (χ2v) is 11.9. The highest BCUT2D eigenvalue weighted by molar-refractivity contribution is 7.99. The summed E-state index contributed by atoms with van der Waals surface area (Å²) < 4.78 is 10.9. The quantitative estimate of drug-likeness (QED) is 0.470. The number of imidazole rings is 1. The number of aromatic amines is 1. The lowest BCUT2D eigenvalue weighted by molar-refractivity contribution is 0.0219. The minimum atomic E-state index is -0.477. The minimum Gasteiger partial charge on any atom is -0.444 e. The summed E-state index contributed by atoms with van der Waals surface area (Å²) in [7, 11) is 0. The van der Waals surface area contributed by atoms with Crippen LogP contribution < -0.4 is 4.90 Å². The Morgan fingerprint density at radius 3 is 2.47 bits per heavy atom. The number of aromatic nitrogens is 3. The lowest BCUT2D eigenvalue weighted by Gasteiger charge is -2.32. The van der Waals surface area contributed by atoms with Crippen LogP contribution in [0.25, 0.3) is 22.4 Å². The molecule has 10 heteroatoms. The average molecular weight is 530 g/mol. The first-order valence-corrected chi connectivity index (χ1v) is 13.6. The smallest absolute Gasteiger partial charge is 0.410 e. The van der Waals surface area contributed by atoms with Crippen molar-refractivity contribution in [3.05, 3.63) is 35.4 Å². The Labute approximate surface area is 220 Å². The van der Waals surface area contributed by atoms with E-state index < -0.39 is 5.60 Å². The van der Waals surface area contributed by atoms with Gasteiger partial charge in [-0.15, -0.1) is 0 Å². The number of carbonyl (C=O) groups is 1. The number of carbonyl (C=O) groups excluding carboxylic acids is 1. The van der Waals surface area contributed by atoms with Crippen LogP contribution >= 0.6 is 23.4 Å². The Balaban J connectivity index is 1.24. The number of H-pyrrole nitrogens is 1. The van der Waals surface area contributed by atoms with Gasteiger partial charge in [0.05, 0.1) is 29.4 Å². The summed E-state index contributed by atoms with van der Waals surface area (Å²) in [6, 6.07) is 10.2. The SMILES string of the molecule is CC(C)(C)OC(=O)N1CCC(Sc2nc3nc(-c4ccc(N5CCOCC5)cc4)c(Cl)cc3[nH]2)CC1. The molecule has 36 heavy (non-hydrogen) atoms. The van der Waals surface area contributed by atoms with Crippen LogP contribution in [0.5, 0.6) is 0 Å². The zero-order valence-electron chi connectivity index (χ0n) is 20.9. The van der Waals surface area contributed by atoms with E-state index in [-0.39, 0.29) is 6.09 Å². The van der Waals surface area contributed by atoms with Gasteiger partial charge in [-0.1, -0.05) is 35.5 Å². The van der Waals surface area contributed by atoms with Gasteiger partial charge >= 0.3 is 6.09 Å². The fraction of sp³-hybridized carbons (Fsp3) is 0.500. The number of benzene rings is 1. The van der Waals surface area contributed by atoms with Gasteiger partial charge < -0.3 is 24.3 Å². The first-order valence-electron chi connectivity index (χ1n) is 12.4. The van der Waals surface area contributed by atoms with E-state index in [2.05, 4.69) is 34.1 Å². The fourth-order valence-electron chi connectivity index (χ4n) is 4.45. The first kappa shape index (κ1) is 25.2. The van der Waals surface area contributed by atoms with Crippen LogP contribution in [0.2, 0.25) is 5.02 Å². The molecule has 0 atom stereocenters. The summed E-state index contributed by atoms with van der Waals surface area (Å²) in [5.41, 5.74) is 3.87. The van der Waals surface area contributed by atoms with Gasteiger partial charge in [-0.2, -0.15) is 0 Å². The molecule has 0 saturated carbocycles. The molecule has 3 aromatic rings. The lowest BCUT2D eigenvalue weighted by Crippen LogP contribution is -2.42. The van der Waals surface area contributed by atoms with E-state index in [9.17, 15) is 4.79 Å². The van der Waals surface area contributed by atoms with Gasteiger partial charge in [-0.05, 0) is 51.8 Å². The Kier molecular flexibility index (Phi) is 7.32. The van der Waals surface area contributed by atoms with Crippen molar-refractivity contribution in [3.8, 4) is 11.3 Å². The lowest BCUT2D eigenvalue weighted by atomic mass is 10.1. The van der Waals surface area contributed by atoms with Crippen LogP contribution in [0.3, 0.4) is 0 Å². The van der Waals surface area contributed by atoms with Crippen molar-refractivity contribution in [2.75, 3.05) is 44.3 Å². The molecule has 2 fully saturated rings. The van der Waals surface area contributed by atoms with Gasteiger partial charge in [0, 0.05) is 42.7 Å². The molecular formula is C26H32ClN5O3S. The number of ether oxygens (including phenoxy) is 2. The van der Waals surface area contributed by atoms with Crippen molar-refractivity contribution in [1.82, 2.24) is 19.9 Å². The molecule has 0 unspecified atom stereocenters. The number of thioether (sulfide) groups is 1. The molecule has 1 N–H and O–H groups in total. The van der Waals surface area contributed by atoms with Gasteiger partial charge in [0.25, 0.3) is 0 Å². The molecule has 5 rings (SSSR count). The number of hydrogen-bond acceptors (Lipinski definition) is 7. The predicted molar refractivity (Wildman–Crippen MR) is 144 cm³/mol. The van der Waals surface area contributed by atoms with Crippen molar-refractivity contribution < 1.29 is 14.3 Å². The zero-order chi connectivity index (χ0) is 25.3. The van der Waals surface area contributed by atoms with Gasteiger partial charge in [-0.3, -0.25) is 0 Å². The standard InChI is InChI=1S/C26H32ClN5O3S/c1-26(2,3)35-25(33)32-10-8-19(9-11-32)36-24-28-21-16-20(27)22(29-23(21)30-24)17-4-6-18(7-5-17)31-12-14-34-15-13-31/h4-7,16,19H,8-15H2,1-3H3,(H,28,29,30). The van der Waals surface area contributed by atoms with E-state index in [1.165, 1.54) is 5.69 Å². The van der Waals surface area contributed by atoms with E-state index in [4.69, 9.17) is 31.0 Å². The first-order chi connectivity index (χ1) is 17.2. The summed E-state index contributed by atoms with van der Waals surface area (Å²) in [6.45, 7) is 10.4.